The van der Waals surface area contributed by atoms with E-state index in [1.165, 1.54) is 18.5 Å². The maximum absolute atomic E-state index is 13.2. The summed E-state index contributed by atoms with van der Waals surface area (Å²) in [7, 11) is 0. The molecule has 1 fully saturated rings. The average molecular weight is 435 g/mol. The Bertz CT molecular complexity index is 1100. The zero-order valence-electron chi connectivity index (χ0n) is 19.5. The number of carbonyl (C=O) groups excluding carboxylic acids is 2. The van der Waals surface area contributed by atoms with Gasteiger partial charge in [0.05, 0.1) is 5.56 Å². The molecule has 1 saturated heterocycles. The van der Waals surface area contributed by atoms with Gasteiger partial charge in [0.1, 0.15) is 0 Å². The van der Waals surface area contributed by atoms with Gasteiger partial charge in [-0.25, -0.2) is 0 Å². The fraction of sp³-hybridized carbons (Fsp3) is 0.538. The molecule has 3 N–H and O–H groups in total. The van der Waals surface area contributed by atoms with Crippen molar-refractivity contribution in [1.82, 2.24) is 9.47 Å². The minimum absolute atomic E-state index is 0.0631. The lowest BCUT2D eigenvalue weighted by Gasteiger charge is -2.30. The molecular weight excluding hydrogens is 400 g/mol. The number of aromatic nitrogens is 1. The number of Topliss-reactive ketones (excluding diaryl/α,β-unsaturated/α-hetero) is 1. The van der Waals surface area contributed by atoms with Crippen molar-refractivity contribution in [3.63, 3.8) is 0 Å². The van der Waals surface area contributed by atoms with E-state index in [1.807, 2.05) is 12.1 Å². The molecule has 0 spiro atoms. The van der Waals surface area contributed by atoms with Crippen LogP contribution in [0.3, 0.4) is 0 Å². The van der Waals surface area contributed by atoms with Crippen LogP contribution >= 0.6 is 0 Å². The van der Waals surface area contributed by atoms with Crippen molar-refractivity contribution < 1.29 is 9.59 Å². The van der Waals surface area contributed by atoms with Crippen LogP contribution in [0.4, 0.5) is 5.69 Å². The van der Waals surface area contributed by atoms with Gasteiger partial charge < -0.3 is 15.6 Å². The molecule has 3 heterocycles. The highest BCUT2D eigenvalue weighted by Gasteiger charge is 2.37. The predicted molar refractivity (Wildman–Crippen MR) is 127 cm³/mol. The molecule has 2 aliphatic heterocycles. The van der Waals surface area contributed by atoms with Crippen molar-refractivity contribution in [1.29, 1.82) is 0 Å². The minimum atomic E-state index is -0.420. The lowest BCUT2D eigenvalue weighted by Crippen LogP contribution is -2.36. The van der Waals surface area contributed by atoms with E-state index in [0.29, 0.717) is 18.0 Å². The highest BCUT2D eigenvalue weighted by Crippen LogP contribution is 2.41. The van der Waals surface area contributed by atoms with Gasteiger partial charge in [0, 0.05) is 47.3 Å². The second kappa shape index (κ2) is 7.77. The normalized spacial score (nSPS) is 22.7. The maximum Gasteiger partial charge on any atom is 0.250 e. The van der Waals surface area contributed by atoms with E-state index in [9.17, 15) is 9.59 Å². The fourth-order valence-corrected chi connectivity index (χ4v) is 6.12. The van der Waals surface area contributed by atoms with Gasteiger partial charge in [-0.05, 0) is 81.3 Å². The number of anilines is 1. The first-order chi connectivity index (χ1) is 15.2. The maximum atomic E-state index is 13.2. The number of rotatable bonds is 1. The number of primary amides is 1. The number of nitrogens with zero attached hydrogens (tertiary/aromatic N) is 2. The summed E-state index contributed by atoms with van der Waals surface area (Å²) in [5.74, 6) is -0.165. The number of amides is 1. The average Bonchev–Trinajstić information content (AvgIpc) is 3.26. The van der Waals surface area contributed by atoms with E-state index in [4.69, 9.17) is 5.73 Å². The van der Waals surface area contributed by atoms with Crippen LogP contribution in [-0.4, -0.2) is 46.8 Å². The molecule has 0 radical (unpaired) electrons. The Kier molecular flexibility index (Phi) is 5.16. The number of carbonyl (C=O) groups is 2. The highest BCUT2D eigenvalue weighted by molar-refractivity contribution is 6.01. The van der Waals surface area contributed by atoms with Crippen molar-refractivity contribution >= 4 is 17.4 Å². The van der Waals surface area contributed by atoms with E-state index in [-0.39, 0.29) is 11.2 Å². The fourth-order valence-electron chi connectivity index (χ4n) is 6.12. The summed E-state index contributed by atoms with van der Waals surface area (Å²) in [5.41, 5.74) is 12.4. The van der Waals surface area contributed by atoms with Gasteiger partial charge in [-0.2, -0.15) is 0 Å². The monoisotopic (exact) mass is 434 g/mol. The Balaban J connectivity index is 1.70. The Morgan fingerprint density at radius 3 is 2.72 bits per heavy atom. The topological polar surface area (TPSA) is 80.4 Å². The summed E-state index contributed by atoms with van der Waals surface area (Å²) in [5, 5.41) is 3.54. The number of hydrogen-bond acceptors (Lipinski definition) is 4. The predicted octanol–water partition coefficient (Wildman–Crippen LogP) is 3.86. The Hall–Kier alpha value is -2.60. The zero-order chi connectivity index (χ0) is 22.6. The molecule has 5 rings (SSSR count). The Morgan fingerprint density at radius 2 is 1.94 bits per heavy atom. The largest absolute Gasteiger partial charge is 0.383 e. The van der Waals surface area contributed by atoms with Crippen LogP contribution in [0.1, 0.15) is 77.2 Å². The lowest BCUT2D eigenvalue weighted by atomic mass is 9.75. The van der Waals surface area contributed by atoms with Gasteiger partial charge in [-0.3, -0.25) is 14.5 Å². The summed E-state index contributed by atoms with van der Waals surface area (Å²) < 4.78 is 2.31. The third-order valence-electron chi connectivity index (χ3n) is 7.61. The molecule has 170 valence electrons. The van der Waals surface area contributed by atoms with Crippen LogP contribution < -0.4 is 11.1 Å². The summed E-state index contributed by atoms with van der Waals surface area (Å²) in [6.07, 6.45) is 5.85. The minimum Gasteiger partial charge on any atom is -0.383 e. The van der Waals surface area contributed by atoms with Crippen molar-refractivity contribution in [2.75, 3.05) is 25.0 Å². The molecule has 2 bridgehead atoms. The van der Waals surface area contributed by atoms with Crippen LogP contribution in [0.5, 0.6) is 0 Å². The van der Waals surface area contributed by atoms with Crippen LogP contribution in [0.15, 0.2) is 18.2 Å². The van der Waals surface area contributed by atoms with Gasteiger partial charge in [0.2, 0.25) is 0 Å². The molecule has 2 aromatic rings. The third-order valence-corrected chi connectivity index (χ3v) is 7.61. The number of ketones is 1. The molecule has 6 nitrogen and oxygen atoms in total. The quantitative estimate of drug-likeness (QED) is 0.714. The van der Waals surface area contributed by atoms with Gasteiger partial charge in [0.15, 0.2) is 5.78 Å². The van der Waals surface area contributed by atoms with Crippen molar-refractivity contribution in [3.8, 4) is 5.69 Å². The number of benzene rings is 1. The van der Waals surface area contributed by atoms with E-state index < -0.39 is 5.91 Å². The van der Waals surface area contributed by atoms with Crippen LogP contribution in [0.25, 0.3) is 5.69 Å². The molecule has 1 aliphatic carbocycles. The summed E-state index contributed by atoms with van der Waals surface area (Å²) in [6.45, 7) is 9.45. The van der Waals surface area contributed by atoms with E-state index in [1.54, 1.807) is 0 Å². The van der Waals surface area contributed by atoms with Gasteiger partial charge in [-0.15, -0.1) is 0 Å². The van der Waals surface area contributed by atoms with Crippen molar-refractivity contribution in [2.45, 2.75) is 65.3 Å². The number of nitrogens with one attached hydrogen (secondary N) is 1. The highest BCUT2D eigenvalue weighted by atomic mass is 16.1. The molecule has 1 amide bonds. The molecule has 1 atom stereocenters. The first-order valence-electron chi connectivity index (χ1n) is 11.9. The molecule has 6 heteroatoms. The first-order valence-corrected chi connectivity index (χ1v) is 11.9. The summed E-state index contributed by atoms with van der Waals surface area (Å²) in [4.78, 5) is 27.9. The van der Waals surface area contributed by atoms with Crippen molar-refractivity contribution in [2.24, 2.45) is 11.1 Å². The summed E-state index contributed by atoms with van der Waals surface area (Å²) in [6, 6.07) is 6.34. The molecule has 1 aromatic heterocycles. The van der Waals surface area contributed by atoms with Crippen molar-refractivity contribution in [3.05, 3.63) is 46.3 Å². The molecule has 1 aromatic carbocycles. The summed E-state index contributed by atoms with van der Waals surface area (Å²) >= 11 is 0. The van der Waals surface area contributed by atoms with E-state index >= 15 is 0 Å². The van der Waals surface area contributed by atoms with Gasteiger partial charge in [0.25, 0.3) is 5.91 Å². The zero-order valence-corrected chi connectivity index (χ0v) is 19.5. The molecule has 32 heavy (non-hydrogen) atoms. The standard InChI is InChI=1S/C26H34N4O2/c1-16-21-7-5-11-29-10-4-6-18(29)15-28-20-12-17(8-9-19(20)25(27)32)30(21)22-13-26(2,3)14-23(31)24(16)22/h8-9,12,18,28H,4-7,10-11,13-15H2,1-3H3,(H2,27,32)/t18-/m1/s1. The number of hydrogen-bond donors (Lipinski definition) is 2. The van der Waals surface area contributed by atoms with E-state index in [0.717, 1.165) is 67.1 Å². The van der Waals surface area contributed by atoms with Crippen LogP contribution in [0.2, 0.25) is 0 Å². The molecule has 0 saturated carbocycles. The molecular formula is C26H34N4O2. The molecule has 0 unspecified atom stereocenters. The number of fused-ring (bicyclic) bond motifs is 7. The Labute approximate surface area is 190 Å². The Morgan fingerprint density at radius 1 is 1.16 bits per heavy atom. The lowest BCUT2D eigenvalue weighted by molar-refractivity contribution is 0.0909. The SMILES string of the molecule is Cc1c2c(n3c1CCCN1CCC[C@@H]1CNc1cc-3ccc1C(N)=O)CC(C)(C)CC2=O. The molecule has 3 aliphatic rings. The number of nitrogens with two attached hydrogens (primary N) is 1. The van der Waals surface area contributed by atoms with Crippen LogP contribution in [-0.2, 0) is 12.8 Å². The third kappa shape index (κ3) is 3.54. The second-order valence-electron chi connectivity index (χ2n) is 10.6. The van der Waals surface area contributed by atoms with Gasteiger partial charge >= 0.3 is 0 Å². The first kappa shape index (κ1) is 21.3. The van der Waals surface area contributed by atoms with Gasteiger partial charge in [-0.1, -0.05) is 13.8 Å². The second-order valence-corrected chi connectivity index (χ2v) is 10.6. The van der Waals surface area contributed by atoms with Crippen LogP contribution in [0, 0.1) is 12.3 Å². The smallest absolute Gasteiger partial charge is 0.250 e. The van der Waals surface area contributed by atoms with E-state index in [2.05, 4.69) is 41.6 Å².